The lowest BCUT2D eigenvalue weighted by atomic mass is 10.3. The average Bonchev–Trinajstić information content (AvgIpc) is 2.86. The van der Waals surface area contributed by atoms with Crippen LogP contribution in [0.4, 0.5) is 23.1 Å². The van der Waals surface area contributed by atoms with Crippen LogP contribution in [0.2, 0.25) is 5.02 Å². The van der Waals surface area contributed by atoms with Crippen molar-refractivity contribution in [3.05, 3.63) is 53.7 Å². The number of nitrogens with zero attached hydrogens (tertiary/aromatic N) is 2. The number of benzene rings is 2. The molecule has 1 aromatic heterocycles. The molecule has 0 atom stereocenters. The van der Waals surface area contributed by atoms with E-state index in [1.165, 1.54) is 6.20 Å². The Labute approximate surface area is 216 Å². The smallest absolute Gasteiger partial charge is 0.229 e. The van der Waals surface area contributed by atoms with Gasteiger partial charge in [-0.2, -0.15) is 4.98 Å². The number of rotatable bonds is 8. The van der Waals surface area contributed by atoms with Crippen LogP contribution in [0, 0.1) is 0 Å². The lowest BCUT2D eigenvalue weighted by Crippen LogP contribution is -2.32. The van der Waals surface area contributed by atoms with Gasteiger partial charge < -0.3 is 25.3 Å². The van der Waals surface area contributed by atoms with Crippen LogP contribution >= 0.6 is 18.7 Å². The quantitative estimate of drug-likeness (QED) is 0.351. The van der Waals surface area contributed by atoms with Crippen molar-refractivity contribution in [2.45, 2.75) is 24.0 Å². The Kier molecular flexibility index (Phi) is 7.90. The highest BCUT2D eigenvalue weighted by molar-refractivity contribution is 7.92. The summed E-state index contributed by atoms with van der Waals surface area (Å²) in [7, 11) is -4.45. The van der Waals surface area contributed by atoms with Gasteiger partial charge in [-0.1, -0.05) is 23.7 Å². The number of ether oxygens (including phenoxy) is 1. The van der Waals surface area contributed by atoms with Gasteiger partial charge in [0.1, 0.15) is 17.9 Å². The fraction of sp³-hybridized carbons (Fsp3) is 0.333. The molecule has 1 aliphatic rings. The van der Waals surface area contributed by atoms with Crippen molar-refractivity contribution in [1.82, 2.24) is 15.3 Å². The van der Waals surface area contributed by atoms with Gasteiger partial charge >= 0.3 is 0 Å². The predicted octanol–water partition coefficient (Wildman–Crippen LogP) is 4.40. The molecule has 0 amide bonds. The van der Waals surface area contributed by atoms with Gasteiger partial charge in [0.15, 0.2) is 15.7 Å². The van der Waals surface area contributed by atoms with Crippen LogP contribution in [-0.2, 0) is 14.4 Å². The molecular formula is C24H29ClN5O4PS. The summed E-state index contributed by atoms with van der Waals surface area (Å²) in [6, 6.07) is 12.1. The van der Waals surface area contributed by atoms with Crippen molar-refractivity contribution in [2.24, 2.45) is 0 Å². The van der Waals surface area contributed by atoms with E-state index in [4.69, 9.17) is 16.3 Å². The number of sulfone groups is 1. The molecule has 1 saturated heterocycles. The summed E-state index contributed by atoms with van der Waals surface area (Å²) >= 11 is 6.33. The minimum absolute atomic E-state index is 0.161. The molecule has 0 saturated carbocycles. The first-order valence-electron chi connectivity index (χ1n) is 11.5. The maximum Gasteiger partial charge on any atom is 0.229 e. The van der Waals surface area contributed by atoms with Crippen molar-refractivity contribution in [2.75, 3.05) is 43.2 Å². The summed E-state index contributed by atoms with van der Waals surface area (Å²) in [5.41, 5.74) is 0.963. The van der Waals surface area contributed by atoms with Crippen LogP contribution in [-0.4, -0.2) is 56.2 Å². The van der Waals surface area contributed by atoms with E-state index < -0.39 is 22.2 Å². The molecule has 12 heteroatoms. The molecule has 0 bridgehead atoms. The lowest BCUT2D eigenvalue weighted by Gasteiger charge is -2.24. The Morgan fingerprint density at radius 3 is 2.50 bits per heavy atom. The van der Waals surface area contributed by atoms with Crippen molar-refractivity contribution in [3.63, 3.8) is 0 Å². The molecule has 36 heavy (non-hydrogen) atoms. The van der Waals surface area contributed by atoms with Gasteiger partial charge in [0.05, 0.1) is 34.8 Å². The molecule has 1 aliphatic heterocycles. The number of anilines is 4. The molecule has 0 aliphatic carbocycles. The third kappa shape index (κ3) is 5.52. The standard InChI is InChI=1S/C24H29ClN5O4PS/c1-16(2)36(32,33)22-7-5-4-6-20(22)28-23-18(25)15-27-24(30-23)29-19-9-8-17(14-21(19)34-3)35(31)12-10-26-11-13-35/h4-9,14-16,26H,10-13H2,1-3H3,(H2,27,28,29,30). The highest BCUT2D eigenvalue weighted by Gasteiger charge is 2.28. The predicted molar refractivity (Wildman–Crippen MR) is 145 cm³/mol. The van der Waals surface area contributed by atoms with Crippen LogP contribution in [0.3, 0.4) is 0 Å². The topological polar surface area (TPSA) is 122 Å². The normalized spacial score (nSPS) is 15.5. The number of halogens is 1. The van der Waals surface area contributed by atoms with Crippen LogP contribution in [0.15, 0.2) is 53.6 Å². The second kappa shape index (κ2) is 10.8. The van der Waals surface area contributed by atoms with Crippen molar-refractivity contribution >= 4 is 57.0 Å². The molecule has 2 aromatic carbocycles. The zero-order valence-electron chi connectivity index (χ0n) is 20.3. The number of aromatic nitrogens is 2. The number of hydrogen-bond acceptors (Lipinski definition) is 9. The Morgan fingerprint density at radius 2 is 1.81 bits per heavy atom. The van der Waals surface area contributed by atoms with E-state index in [0.717, 1.165) is 18.4 Å². The first-order chi connectivity index (χ1) is 17.1. The molecule has 1 fully saturated rings. The van der Waals surface area contributed by atoms with E-state index in [-0.39, 0.29) is 21.7 Å². The van der Waals surface area contributed by atoms with Gasteiger partial charge in [0.25, 0.3) is 0 Å². The molecule has 2 heterocycles. The van der Waals surface area contributed by atoms with Crippen LogP contribution in [0.25, 0.3) is 0 Å². The molecule has 0 radical (unpaired) electrons. The molecule has 0 unspecified atom stereocenters. The van der Waals surface area contributed by atoms with Gasteiger partial charge in [-0.05, 0) is 44.2 Å². The Bertz CT molecular complexity index is 1410. The maximum absolute atomic E-state index is 13.4. The molecule has 3 aromatic rings. The number of methoxy groups -OCH3 is 1. The van der Waals surface area contributed by atoms with Gasteiger partial charge in [-0.15, -0.1) is 0 Å². The van der Waals surface area contributed by atoms with Crippen LogP contribution in [0.5, 0.6) is 5.75 Å². The van der Waals surface area contributed by atoms with Crippen molar-refractivity contribution in [1.29, 1.82) is 0 Å². The van der Waals surface area contributed by atoms with E-state index >= 15 is 0 Å². The summed E-state index contributed by atoms with van der Waals surface area (Å²) in [6.45, 7) is 4.73. The highest BCUT2D eigenvalue weighted by Crippen LogP contribution is 2.46. The SMILES string of the molecule is COc1cc(P2(=O)CCNCC2)ccc1Nc1ncc(Cl)c(Nc2ccccc2S(=O)(=O)C(C)C)n1. The van der Waals surface area contributed by atoms with Crippen molar-refractivity contribution in [3.8, 4) is 5.75 Å². The van der Waals surface area contributed by atoms with Gasteiger partial charge in [0, 0.05) is 30.7 Å². The Hall–Kier alpha value is -2.65. The molecule has 9 nitrogen and oxygen atoms in total. The van der Waals surface area contributed by atoms with E-state index in [1.54, 1.807) is 57.4 Å². The number of para-hydroxylation sites is 1. The number of nitrogens with one attached hydrogen (secondary N) is 3. The zero-order chi connectivity index (χ0) is 25.9. The summed E-state index contributed by atoms with van der Waals surface area (Å²) in [6.07, 6.45) is 2.66. The monoisotopic (exact) mass is 549 g/mol. The Balaban J connectivity index is 1.62. The first-order valence-corrected chi connectivity index (χ1v) is 15.5. The minimum Gasteiger partial charge on any atom is -0.495 e. The second-order valence-electron chi connectivity index (χ2n) is 8.70. The minimum atomic E-state index is -3.53. The second-order valence-corrected chi connectivity index (χ2v) is 14.8. The fourth-order valence-electron chi connectivity index (χ4n) is 3.89. The van der Waals surface area contributed by atoms with Crippen molar-refractivity contribution < 1.29 is 17.7 Å². The molecule has 192 valence electrons. The molecular weight excluding hydrogens is 521 g/mol. The van der Waals surface area contributed by atoms with E-state index in [1.807, 2.05) is 6.07 Å². The summed E-state index contributed by atoms with van der Waals surface area (Å²) in [4.78, 5) is 8.86. The molecule has 0 spiro atoms. The number of hydrogen-bond donors (Lipinski definition) is 3. The average molecular weight is 550 g/mol. The first kappa shape index (κ1) is 26.4. The lowest BCUT2D eigenvalue weighted by molar-refractivity contribution is 0.417. The zero-order valence-corrected chi connectivity index (χ0v) is 22.8. The summed E-state index contributed by atoms with van der Waals surface area (Å²) in [5, 5.41) is 9.82. The largest absolute Gasteiger partial charge is 0.495 e. The van der Waals surface area contributed by atoms with Crippen LogP contribution < -0.4 is 26.0 Å². The van der Waals surface area contributed by atoms with E-state index in [9.17, 15) is 13.0 Å². The van der Waals surface area contributed by atoms with Gasteiger partial charge in [-0.3, -0.25) is 0 Å². The summed E-state index contributed by atoms with van der Waals surface area (Å²) in [5.74, 6) is 0.989. The third-order valence-electron chi connectivity index (χ3n) is 6.01. The maximum atomic E-state index is 13.4. The van der Waals surface area contributed by atoms with Gasteiger partial charge in [0.2, 0.25) is 5.95 Å². The molecule has 3 N–H and O–H groups in total. The summed E-state index contributed by atoms with van der Waals surface area (Å²) < 4.78 is 44.5. The van der Waals surface area contributed by atoms with E-state index in [2.05, 4.69) is 25.9 Å². The highest BCUT2D eigenvalue weighted by atomic mass is 35.5. The van der Waals surface area contributed by atoms with Gasteiger partial charge in [-0.25, -0.2) is 13.4 Å². The van der Waals surface area contributed by atoms with E-state index in [0.29, 0.717) is 29.4 Å². The molecule has 4 rings (SSSR count). The Morgan fingerprint density at radius 1 is 1.08 bits per heavy atom. The fourth-order valence-corrected chi connectivity index (χ4v) is 7.70. The third-order valence-corrected chi connectivity index (χ3v) is 11.6. The van der Waals surface area contributed by atoms with Crippen LogP contribution in [0.1, 0.15) is 13.8 Å².